The molecule has 4 rings (SSSR count). The molecular weight excluding hydrogens is 388 g/mol. The summed E-state index contributed by atoms with van der Waals surface area (Å²) in [6.45, 7) is 5.05. The fourth-order valence-electron chi connectivity index (χ4n) is 3.37. The Balaban J connectivity index is 1.75. The Bertz CT molecular complexity index is 1100. The molecule has 1 aliphatic rings. The lowest BCUT2D eigenvalue weighted by Gasteiger charge is -2.11. The second-order valence-corrected chi connectivity index (χ2v) is 9.17. The first-order valence-corrected chi connectivity index (χ1v) is 11.2. The van der Waals surface area contributed by atoms with Crippen LogP contribution < -0.4 is 5.32 Å². The highest BCUT2D eigenvalue weighted by atomic mass is 32.2. The molecule has 0 bridgehead atoms. The van der Waals surface area contributed by atoms with Crippen LogP contribution in [0, 0.1) is 13.8 Å². The third-order valence-electron chi connectivity index (χ3n) is 5.07. The van der Waals surface area contributed by atoms with E-state index >= 15 is 0 Å². The lowest BCUT2D eigenvalue weighted by atomic mass is 10.1. The van der Waals surface area contributed by atoms with E-state index < -0.39 is 9.84 Å². The van der Waals surface area contributed by atoms with Gasteiger partial charge < -0.3 is 14.5 Å². The lowest BCUT2D eigenvalue weighted by Crippen LogP contribution is -2.19. The predicted molar refractivity (Wildman–Crippen MR) is 111 cm³/mol. The van der Waals surface area contributed by atoms with Gasteiger partial charge in [-0.15, -0.1) is 0 Å². The molecule has 1 atom stereocenters. The van der Waals surface area contributed by atoms with E-state index in [1.807, 2.05) is 38.1 Å². The van der Waals surface area contributed by atoms with Gasteiger partial charge >= 0.3 is 0 Å². The van der Waals surface area contributed by atoms with Crippen LogP contribution in [0.5, 0.6) is 0 Å². The number of sulfone groups is 1. The number of aromatic nitrogens is 1. The van der Waals surface area contributed by atoms with Crippen molar-refractivity contribution in [2.24, 2.45) is 0 Å². The van der Waals surface area contributed by atoms with E-state index in [4.69, 9.17) is 9.15 Å². The fraction of sp³-hybridized carbons (Fsp3) is 0.318. The summed E-state index contributed by atoms with van der Waals surface area (Å²) in [5, 5.41) is 3.02. The number of hydrogen-bond donors (Lipinski definition) is 1. The second-order valence-electron chi connectivity index (χ2n) is 7.30. The molecule has 0 saturated carbocycles. The minimum Gasteiger partial charge on any atom is -0.419 e. The highest BCUT2D eigenvalue weighted by molar-refractivity contribution is 7.91. The first-order valence-electron chi connectivity index (χ1n) is 9.69. The third kappa shape index (κ3) is 4.06. The average Bonchev–Trinajstić information content (AvgIpc) is 3.37. The molecule has 152 valence electrons. The van der Waals surface area contributed by atoms with Crippen LogP contribution in [0.1, 0.15) is 24.0 Å². The molecule has 3 aromatic rings. The van der Waals surface area contributed by atoms with E-state index in [-0.39, 0.29) is 27.8 Å². The maximum atomic E-state index is 13.3. The van der Waals surface area contributed by atoms with Gasteiger partial charge in [0, 0.05) is 18.7 Å². The molecule has 1 aromatic heterocycles. The topological polar surface area (TPSA) is 81.4 Å². The molecule has 1 fully saturated rings. The van der Waals surface area contributed by atoms with Crippen LogP contribution in [-0.2, 0) is 14.6 Å². The van der Waals surface area contributed by atoms with Crippen molar-refractivity contribution in [1.82, 2.24) is 4.98 Å². The Labute approximate surface area is 170 Å². The predicted octanol–water partition coefficient (Wildman–Crippen LogP) is 4.38. The largest absolute Gasteiger partial charge is 0.419 e. The number of ether oxygens (including phenoxy) is 1. The Morgan fingerprint density at radius 3 is 2.55 bits per heavy atom. The normalized spacial score (nSPS) is 16.8. The minimum atomic E-state index is -3.84. The fourth-order valence-corrected chi connectivity index (χ4v) is 4.65. The van der Waals surface area contributed by atoms with Gasteiger partial charge in [-0.3, -0.25) is 0 Å². The van der Waals surface area contributed by atoms with Crippen molar-refractivity contribution in [3.8, 4) is 11.5 Å². The van der Waals surface area contributed by atoms with Gasteiger partial charge in [-0.05, 0) is 50.5 Å². The van der Waals surface area contributed by atoms with Gasteiger partial charge in [-0.2, -0.15) is 4.98 Å². The molecule has 2 heterocycles. The number of hydrogen-bond acceptors (Lipinski definition) is 6. The molecule has 0 unspecified atom stereocenters. The highest BCUT2D eigenvalue weighted by Gasteiger charge is 2.29. The Kier molecular flexibility index (Phi) is 5.43. The van der Waals surface area contributed by atoms with E-state index in [0.29, 0.717) is 6.54 Å². The van der Waals surface area contributed by atoms with Crippen molar-refractivity contribution < 1.29 is 17.6 Å². The number of nitrogens with one attached hydrogen (secondary N) is 1. The van der Waals surface area contributed by atoms with Crippen LogP contribution in [0.3, 0.4) is 0 Å². The van der Waals surface area contributed by atoms with Crippen LogP contribution in [0.2, 0.25) is 0 Å². The van der Waals surface area contributed by atoms with E-state index in [1.165, 1.54) is 0 Å². The van der Waals surface area contributed by atoms with Crippen LogP contribution in [-0.4, -0.2) is 32.7 Å². The molecule has 1 saturated heterocycles. The van der Waals surface area contributed by atoms with Crippen LogP contribution in [0.4, 0.5) is 5.88 Å². The van der Waals surface area contributed by atoms with Gasteiger partial charge in [-0.1, -0.05) is 35.9 Å². The minimum absolute atomic E-state index is 0.0388. The van der Waals surface area contributed by atoms with Crippen molar-refractivity contribution in [2.75, 3.05) is 18.5 Å². The summed E-state index contributed by atoms with van der Waals surface area (Å²) < 4.78 is 38.1. The van der Waals surface area contributed by atoms with Crippen molar-refractivity contribution in [3.05, 3.63) is 59.7 Å². The maximum Gasteiger partial charge on any atom is 0.233 e. The Morgan fingerprint density at radius 2 is 1.86 bits per heavy atom. The highest BCUT2D eigenvalue weighted by Crippen LogP contribution is 2.33. The second kappa shape index (κ2) is 8.00. The molecule has 1 aliphatic heterocycles. The molecule has 7 heteroatoms. The smallest absolute Gasteiger partial charge is 0.233 e. The molecule has 0 spiro atoms. The third-order valence-corrected chi connectivity index (χ3v) is 6.75. The van der Waals surface area contributed by atoms with Crippen LogP contribution in [0.15, 0.2) is 62.9 Å². The number of anilines is 1. The molecule has 0 radical (unpaired) electrons. The lowest BCUT2D eigenvalue weighted by molar-refractivity contribution is 0.120. The van der Waals surface area contributed by atoms with Gasteiger partial charge in [0.1, 0.15) is 0 Å². The van der Waals surface area contributed by atoms with Crippen molar-refractivity contribution in [1.29, 1.82) is 0 Å². The van der Waals surface area contributed by atoms with Gasteiger partial charge in [0.25, 0.3) is 0 Å². The van der Waals surface area contributed by atoms with Gasteiger partial charge in [0.15, 0.2) is 0 Å². The molecule has 6 nitrogen and oxygen atoms in total. The van der Waals surface area contributed by atoms with Crippen molar-refractivity contribution >= 4 is 15.7 Å². The van der Waals surface area contributed by atoms with E-state index in [1.54, 1.807) is 24.3 Å². The molecule has 0 aliphatic carbocycles. The number of nitrogens with zero attached hydrogens (tertiary/aromatic N) is 1. The quantitative estimate of drug-likeness (QED) is 0.647. The molecule has 1 N–H and O–H groups in total. The van der Waals surface area contributed by atoms with Gasteiger partial charge in [-0.25, -0.2) is 8.42 Å². The maximum absolute atomic E-state index is 13.3. The zero-order valence-corrected chi connectivity index (χ0v) is 17.3. The van der Waals surface area contributed by atoms with Crippen LogP contribution in [0.25, 0.3) is 11.5 Å². The van der Waals surface area contributed by atoms with Crippen LogP contribution >= 0.6 is 0 Å². The number of rotatable bonds is 6. The zero-order valence-electron chi connectivity index (χ0n) is 16.5. The molecular formula is C22H24N2O4S. The average molecular weight is 413 g/mol. The summed E-state index contributed by atoms with van der Waals surface area (Å²) in [6.07, 6.45) is 1.98. The van der Waals surface area contributed by atoms with E-state index in [2.05, 4.69) is 10.3 Å². The SMILES string of the molecule is Cc1ccc(S(=O)(=O)c2nc(-c3ccccc3C)oc2NC[C@H]2CCCO2)cc1. The number of benzene rings is 2. The number of aryl methyl sites for hydroxylation is 2. The van der Waals surface area contributed by atoms with Gasteiger partial charge in [0.05, 0.1) is 11.0 Å². The molecule has 0 amide bonds. The zero-order chi connectivity index (χ0) is 20.4. The molecule has 2 aromatic carbocycles. The van der Waals surface area contributed by atoms with Crippen molar-refractivity contribution in [3.63, 3.8) is 0 Å². The van der Waals surface area contributed by atoms with E-state index in [9.17, 15) is 8.42 Å². The molecule has 29 heavy (non-hydrogen) atoms. The summed E-state index contributed by atoms with van der Waals surface area (Å²) in [4.78, 5) is 4.59. The Hall–Kier alpha value is -2.64. The summed E-state index contributed by atoms with van der Waals surface area (Å²) in [7, 11) is -3.84. The first-order chi connectivity index (χ1) is 13.9. The van der Waals surface area contributed by atoms with Gasteiger partial charge in [0.2, 0.25) is 26.6 Å². The summed E-state index contributed by atoms with van der Waals surface area (Å²) in [6, 6.07) is 14.3. The van der Waals surface area contributed by atoms with E-state index in [0.717, 1.165) is 36.1 Å². The van der Waals surface area contributed by atoms with Crippen molar-refractivity contribution in [2.45, 2.75) is 42.7 Å². The summed E-state index contributed by atoms with van der Waals surface area (Å²) >= 11 is 0. The number of oxazole rings is 1. The standard InChI is InChI=1S/C22H24N2O4S/c1-15-9-11-18(12-10-15)29(25,26)22-21(23-14-17-7-5-13-27-17)28-20(24-22)19-8-4-3-6-16(19)2/h3-4,6,8-12,17,23H,5,7,13-14H2,1-2H3/t17-/m1/s1. The Morgan fingerprint density at radius 1 is 1.10 bits per heavy atom. The first kappa shape index (κ1) is 19.7. The summed E-state index contributed by atoms with van der Waals surface area (Å²) in [5.41, 5.74) is 2.71. The summed E-state index contributed by atoms with van der Waals surface area (Å²) in [5.74, 6) is 0.433. The monoisotopic (exact) mass is 412 g/mol.